The lowest BCUT2D eigenvalue weighted by atomic mass is 10.1. The van der Waals surface area contributed by atoms with Crippen LogP contribution in [0.1, 0.15) is 20.8 Å². The van der Waals surface area contributed by atoms with Gasteiger partial charge in [0.1, 0.15) is 4.90 Å². The average Bonchev–Trinajstić information content (AvgIpc) is 2.55. The molecule has 8 heteroatoms. The number of nitrogens with zero attached hydrogens (tertiary/aromatic N) is 3. The Balaban J connectivity index is 2.37. The number of nitrogen functional groups attached to an aromatic ring is 1. The van der Waals surface area contributed by atoms with Crippen molar-refractivity contribution in [3.8, 4) is 0 Å². The molecule has 0 aromatic carbocycles. The SMILES string of the molecule is CC1CN(S(=O)(=O)c2cn(C)nc2N)CC(C)(C)O1. The minimum atomic E-state index is -3.63. The minimum absolute atomic E-state index is 0.0273. The largest absolute Gasteiger partial charge is 0.381 e. The van der Waals surface area contributed by atoms with Crippen molar-refractivity contribution in [2.75, 3.05) is 18.8 Å². The fourth-order valence-corrected chi connectivity index (χ4v) is 4.16. The fraction of sp³-hybridized carbons (Fsp3) is 0.727. The van der Waals surface area contributed by atoms with Gasteiger partial charge in [-0.25, -0.2) is 8.42 Å². The van der Waals surface area contributed by atoms with Gasteiger partial charge in [0.25, 0.3) is 0 Å². The van der Waals surface area contributed by atoms with E-state index in [4.69, 9.17) is 10.5 Å². The summed E-state index contributed by atoms with van der Waals surface area (Å²) >= 11 is 0. The fourth-order valence-electron chi connectivity index (χ4n) is 2.40. The predicted octanol–water partition coefficient (Wildman–Crippen LogP) is 0.190. The maximum Gasteiger partial charge on any atom is 0.248 e. The van der Waals surface area contributed by atoms with Gasteiger partial charge < -0.3 is 10.5 Å². The Morgan fingerprint density at radius 2 is 2.16 bits per heavy atom. The first-order chi connectivity index (χ1) is 8.62. The van der Waals surface area contributed by atoms with Crippen molar-refractivity contribution >= 4 is 15.8 Å². The lowest BCUT2D eigenvalue weighted by Gasteiger charge is -2.40. The van der Waals surface area contributed by atoms with E-state index in [2.05, 4.69) is 5.10 Å². The first kappa shape index (κ1) is 14.3. The number of rotatable bonds is 2. The van der Waals surface area contributed by atoms with Crippen LogP contribution in [0.15, 0.2) is 11.1 Å². The van der Waals surface area contributed by atoms with Crippen molar-refractivity contribution in [2.24, 2.45) is 7.05 Å². The molecule has 0 amide bonds. The average molecular weight is 288 g/mol. The standard InChI is InChI=1S/C11H20N4O3S/c1-8-5-15(7-11(2,3)18-8)19(16,17)9-6-14(4)13-10(9)12/h6,8H,5,7H2,1-4H3,(H2,12,13). The first-order valence-electron chi connectivity index (χ1n) is 6.09. The Morgan fingerprint density at radius 1 is 1.53 bits per heavy atom. The van der Waals surface area contributed by atoms with Gasteiger partial charge in [0.15, 0.2) is 5.82 Å². The lowest BCUT2D eigenvalue weighted by Crippen LogP contribution is -2.53. The van der Waals surface area contributed by atoms with E-state index in [9.17, 15) is 8.42 Å². The zero-order valence-corrected chi connectivity index (χ0v) is 12.4. The summed E-state index contributed by atoms with van der Waals surface area (Å²) in [7, 11) is -1.99. The minimum Gasteiger partial charge on any atom is -0.381 e. The third-order valence-corrected chi connectivity index (χ3v) is 4.81. The summed E-state index contributed by atoms with van der Waals surface area (Å²) in [4.78, 5) is 0.0555. The van der Waals surface area contributed by atoms with E-state index in [1.54, 1.807) is 7.05 Å². The van der Waals surface area contributed by atoms with E-state index in [-0.39, 0.29) is 16.8 Å². The molecule has 1 aliphatic rings. The number of aromatic nitrogens is 2. The Hall–Kier alpha value is -1.12. The quantitative estimate of drug-likeness (QED) is 0.839. The van der Waals surface area contributed by atoms with Gasteiger partial charge in [-0.15, -0.1) is 0 Å². The number of hydrogen-bond acceptors (Lipinski definition) is 5. The van der Waals surface area contributed by atoms with E-state index >= 15 is 0 Å². The van der Waals surface area contributed by atoms with E-state index in [0.29, 0.717) is 13.1 Å². The highest BCUT2D eigenvalue weighted by atomic mass is 32.2. The van der Waals surface area contributed by atoms with Gasteiger partial charge in [0.2, 0.25) is 10.0 Å². The zero-order chi connectivity index (χ0) is 14.4. The van der Waals surface area contributed by atoms with Crippen molar-refractivity contribution in [2.45, 2.75) is 37.4 Å². The highest BCUT2D eigenvalue weighted by Crippen LogP contribution is 2.28. The highest BCUT2D eigenvalue weighted by molar-refractivity contribution is 7.89. The van der Waals surface area contributed by atoms with Gasteiger partial charge in [0, 0.05) is 26.3 Å². The third-order valence-electron chi connectivity index (χ3n) is 2.98. The van der Waals surface area contributed by atoms with Crippen LogP contribution in [0.5, 0.6) is 0 Å². The molecule has 0 saturated carbocycles. The number of sulfonamides is 1. The van der Waals surface area contributed by atoms with Crippen LogP contribution in [0.3, 0.4) is 0 Å². The van der Waals surface area contributed by atoms with Crippen LogP contribution in [0, 0.1) is 0 Å². The van der Waals surface area contributed by atoms with E-state index in [1.165, 1.54) is 15.2 Å². The number of hydrogen-bond donors (Lipinski definition) is 1. The second-order valence-electron chi connectivity index (χ2n) is 5.54. The summed E-state index contributed by atoms with van der Waals surface area (Å²) in [5, 5.41) is 3.88. The van der Waals surface area contributed by atoms with Crippen molar-refractivity contribution in [1.82, 2.24) is 14.1 Å². The second kappa shape index (κ2) is 4.46. The van der Waals surface area contributed by atoms with Crippen LogP contribution in [0.2, 0.25) is 0 Å². The predicted molar refractivity (Wildman–Crippen MR) is 71.0 cm³/mol. The summed E-state index contributed by atoms with van der Waals surface area (Å²) in [6.07, 6.45) is 1.27. The van der Waals surface area contributed by atoms with E-state index in [1.807, 2.05) is 20.8 Å². The summed E-state index contributed by atoms with van der Waals surface area (Å²) in [6.45, 7) is 6.22. The highest BCUT2D eigenvalue weighted by Gasteiger charge is 2.39. The molecule has 0 bridgehead atoms. The van der Waals surface area contributed by atoms with Crippen LogP contribution in [0.25, 0.3) is 0 Å². The molecule has 1 saturated heterocycles. The van der Waals surface area contributed by atoms with Crippen molar-refractivity contribution in [3.05, 3.63) is 6.20 Å². The van der Waals surface area contributed by atoms with Crippen molar-refractivity contribution < 1.29 is 13.2 Å². The Morgan fingerprint density at radius 3 is 2.63 bits per heavy atom. The monoisotopic (exact) mass is 288 g/mol. The van der Waals surface area contributed by atoms with Gasteiger partial charge in [-0.1, -0.05) is 0 Å². The maximum atomic E-state index is 12.6. The number of morpholine rings is 1. The summed E-state index contributed by atoms with van der Waals surface area (Å²) in [6, 6.07) is 0. The first-order valence-corrected chi connectivity index (χ1v) is 7.53. The van der Waals surface area contributed by atoms with Crippen molar-refractivity contribution in [3.63, 3.8) is 0 Å². The van der Waals surface area contributed by atoms with Crippen molar-refractivity contribution in [1.29, 1.82) is 0 Å². The molecule has 1 aromatic heterocycles. The molecular weight excluding hydrogens is 268 g/mol. The molecule has 0 radical (unpaired) electrons. The molecule has 7 nitrogen and oxygen atoms in total. The number of anilines is 1. The van der Waals surface area contributed by atoms with Gasteiger partial charge in [-0.3, -0.25) is 4.68 Å². The van der Waals surface area contributed by atoms with Gasteiger partial charge in [-0.2, -0.15) is 9.40 Å². The maximum absolute atomic E-state index is 12.6. The van der Waals surface area contributed by atoms with Crippen LogP contribution in [-0.2, 0) is 21.8 Å². The molecule has 19 heavy (non-hydrogen) atoms. The van der Waals surface area contributed by atoms with Crippen LogP contribution < -0.4 is 5.73 Å². The molecule has 2 heterocycles. The number of nitrogens with two attached hydrogens (primary N) is 1. The molecular formula is C11H20N4O3S. The molecule has 1 unspecified atom stereocenters. The van der Waals surface area contributed by atoms with E-state index in [0.717, 1.165) is 0 Å². The number of aryl methyl sites for hydroxylation is 1. The van der Waals surface area contributed by atoms with Gasteiger partial charge in [0.05, 0.1) is 11.7 Å². The van der Waals surface area contributed by atoms with Crippen LogP contribution in [-0.4, -0.2) is 47.3 Å². The summed E-state index contributed by atoms with van der Waals surface area (Å²) in [5.41, 5.74) is 5.16. The molecule has 0 aliphatic carbocycles. The lowest BCUT2D eigenvalue weighted by molar-refractivity contribution is -0.109. The molecule has 0 spiro atoms. The molecule has 1 atom stereocenters. The summed E-state index contributed by atoms with van der Waals surface area (Å²) < 4.78 is 33.7. The second-order valence-corrected chi connectivity index (χ2v) is 7.44. The Kier molecular flexibility index (Phi) is 3.36. The van der Waals surface area contributed by atoms with Gasteiger partial charge >= 0.3 is 0 Å². The third kappa shape index (κ3) is 2.75. The number of ether oxygens (including phenoxy) is 1. The molecule has 1 aliphatic heterocycles. The molecule has 2 N–H and O–H groups in total. The Bertz CT molecular complexity index is 579. The Labute approximate surface area is 113 Å². The topological polar surface area (TPSA) is 90.5 Å². The zero-order valence-electron chi connectivity index (χ0n) is 11.6. The van der Waals surface area contributed by atoms with Crippen LogP contribution in [0.4, 0.5) is 5.82 Å². The van der Waals surface area contributed by atoms with Gasteiger partial charge in [-0.05, 0) is 20.8 Å². The molecule has 2 rings (SSSR count). The van der Waals surface area contributed by atoms with Crippen LogP contribution >= 0.6 is 0 Å². The molecule has 1 aromatic rings. The summed E-state index contributed by atoms with van der Waals surface area (Å²) in [5.74, 6) is 0.0273. The van der Waals surface area contributed by atoms with E-state index < -0.39 is 15.6 Å². The molecule has 108 valence electrons. The normalized spacial score (nSPS) is 24.5. The smallest absolute Gasteiger partial charge is 0.248 e. The molecule has 1 fully saturated rings.